The van der Waals surface area contributed by atoms with Crippen LogP contribution in [-0.4, -0.2) is 49.8 Å². The van der Waals surface area contributed by atoms with Gasteiger partial charge in [-0.05, 0) is 32.0 Å². The van der Waals surface area contributed by atoms with Gasteiger partial charge in [0.1, 0.15) is 0 Å². The van der Waals surface area contributed by atoms with Crippen LogP contribution in [0.1, 0.15) is 36.1 Å². The average molecular weight is 487 g/mol. The fraction of sp³-hybridized carbons (Fsp3) is 0.389. The van der Waals surface area contributed by atoms with Crippen LogP contribution >= 0.6 is 46.7 Å². The van der Waals surface area contributed by atoms with E-state index in [9.17, 15) is 9.59 Å². The largest absolute Gasteiger partial charge is 0.342 e. The molecular formula is C18H20Cl2N6O2S2. The number of hydrogen-bond acceptors (Lipinski definition) is 7. The molecule has 3 rings (SSSR count). The highest BCUT2D eigenvalue weighted by Gasteiger charge is 2.21. The molecule has 2 heterocycles. The molecule has 1 aliphatic heterocycles. The quantitative estimate of drug-likeness (QED) is 0.581. The predicted molar refractivity (Wildman–Crippen MR) is 122 cm³/mol. The number of amidine groups is 1. The van der Waals surface area contributed by atoms with E-state index >= 15 is 0 Å². The Bertz CT molecular complexity index is 982. The topological polar surface area (TPSA) is 101 Å². The number of aromatic nitrogens is 3. The summed E-state index contributed by atoms with van der Waals surface area (Å²) in [5, 5.41) is 16.1. The van der Waals surface area contributed by atoms with Crippen molar-refractivity contribution in [3.8, 4) is 0 Å². The highest BCUT2D eigenvalue weighted by molar-refractivity contribution is 8.14. The van der Waals surface area contributed by atoms with Gasteiger partial charge in [0.15, 0.2) is 16.1 Å². The van der Waals surface area contributed by atoms with Crippen LogP contribution in [0.3, 0.4) is 0 Å². The van der Waals surface area contributed by atoms with Gasteiger partial charge in [0.05, 0.1) is 28.4 Å². The van der Waals surface area contributed by atoms with E-state index in [2.05, 4.69) is 25.8 Å². The number of carbonyl (C=O) groups excluding carboxylic acids is 2. The van der Waals surface area contributed by atoms with Gasteiger partial charge in [-0.3, -0.25) is 14.6 Å². The molecule has 1 unspecified atom stereocenters. The first-order valence-electron chi connectivity index (χ1n) is 9.18. The lowest BCUT2D eigenvalue weighted by Crippen LogP contribution is -2.29. The number of carbonyl (C=O) groups is 2. The summed E-state index contributed by atoms with van der Waals surface area (Å²) in [7, 11) is 0. The molecule has 0 saturated heterocycles. The Labute approximate surface area is 192 Å². The second kappa shape index (κ2) is 10.5. The molecule has 0 radical (unpaired) electrons. The Kier molecular flexibility index (Phi) is 8.04. The van der Waals surface area contributed by atoms with Crippen molar-refractivity contribution in [2.24, 2.45) is 4.99 Å². The van der Waals surface area contributed by atoms with Gasteiger partial charge in [-0.25, -0.2) is 0 Å². The lowest BCUT2D eigenvalue weighted by Gasteiger charge is -2.15. The second-order valence-electron chi connectivity index (χ2n) is 6.28. The molecule has 0 fully saturated rings. The molecule has 0 bridgehead atoms. The number of thioether (sulfide) groups is 2. The SMILES string of the molecule is CCn1c(SCC(=O)NC2=NCCS2)nnc1C(C)NC(=O)c1ccc(Cl)c(Cl)c1. The third-order valence-corrected chi connectivity index (χ3v) is 6.74. The molecule has 2 amide bonds. The molecule has 1 aliphatic rings. The summed E-state index contributed by atoms with van der Waals surface area (Å²) < 4.78 is 1.87. The zero-order valence-electron chi connectivity index (χ0n) is 16.3. The summed E-state index contributed by atoms with van der Waals surface area (Å²) in [4.78, 5) is 28.8. The third-order valence-electron chi connectivity index (χ3n) is 4.14. The first-order valence-corrected chi connectivity index (χ1v) is 11.9. The van der Waals surface area contributed by atoms with Crippen molar-refractivity contribution in [1.29, 1.82) is 0 Å². The number of aliphatic imine (C=N–C) groups is 1. The molecule has 2 N–H and O–H groups in total. The number of nitrogens with one attached hydrogen (secondary N) is 2. The van der Waals surface area contributed by atoms with E-state index in [1.807, 2.05) is 18.4 Å². The maximum atomic E-state index is 12.5. The highest BCUT2D eigenvalue weighted by Crippen LogP contribution is 2.24. The molecular weight excluding hydrogens is 467 g/mol. The van der Waals surface area contributed by atoms with Crippen molar-refractivity contribution in [2.45, 2.75) is 31.6 Å². The van der Waals surface area contributed by atoms with Crippen molar-refractivity contribution in [2.75, 3.05) is 18.1 Å². The first kappa shape index (κ1) is 22.9. The highest BCUT2D eigenvalue weighted by atomic mass is 35.5. The standard InChI is InChI=1S/C18H20Cl2N6O2S2/c1-3-26-15(10(2)22-16(28)11-4-5-12(19)13(20)8-11)24-25-18(26)30-9-14(27)23-17-21-6-7-29-17/h4-5,8,10H,3,6-7,9H2,1-2H3,(H,22,28)(H,21,23,27). The summed E-state index contributed by atoms with van der Waals surface area (Å²) in [6.45, 7) is 5.10. The van der Waals surface area contributed by atoms with E-state index in [0.717, 1.165) is 12.3 Å². The van der Waals surface area contributed by atoms with Crippen molar-refractivity contribution >= 4 is 63.7 Å². The van der Waals surface area contributed by atoms with Crippen molar-refractivity contribution < 1.29 is 9.59 Å². The second-order valence-corrected chi connectivity index (χ2v) is 9.12. The van der Waals surface area contributed by atoms with Gasteiger partial charge < -0.3 is 15.2 Å². The van der Waals surface area contributed by atoms with Crippen LogP contribution < -0.4 is 10.6 Å². The van der Waals surface area contributed by atoms with Crippen LogP contribution in [0.15, 0.2) is 28.3 Å². The van der Waals surface area contributed by atoms with Gasteiger partial charge in [-0.1, -0.05) is 46.7 Å². The lowest BCUT2D eigenvalue weighted by atomic mass is 10.2. The fourth-order valence-electron chi connectivity index (χ4n) is 2.70. The Balaban J connectivity index is 1.62. The van der Waals surface area contributed by atoms with Gasteiger partial charge in [-0.2, -0.15) is 0 Å². The molecule has 2 aromatic rings. The van der Waals surface area contributed by atoms with Gasteiger partial charge >= 0.3 is 0 Å². The van der Waals surface area contributed by atoms with Gasteiger partial charge in [0.2, 0.25) is 5.91 Å². The molecule has 160 valence electrons. The number of nitrogens with zero attached hydrogens (tertiary/aromatic N) is 4. The minimum Gasteiger partial charge on any atom is -0.342 e. The van der Waals surface area contributed by atoms with Crippen LogP contribution in [0.4, 0.5) is 0 Å². The molecule has 0 spiro atoms. The summed E-state index contributed by atoms with van der Waals surface area (Å²) in [5.74, 6) is 1.25. The number of hydrogen-bond donors (Lipinski definition) is 2. The molecule has 30 heavy (non-hydrogen) atoms. The van der Waals surface area contributed by atoms with Gasteiger partial charge in [0, 0.05) is 17.9 Å². The van der Waals surface area contributed by atoms with Crippen LogP contribution in [0.5, 0.6) is 0 Å². The predicted octanol–water partition coefficient (Wildman–Crippen LogP) is 3.41. The average Bonchev–Trinajstić information content (AvgIpc) is 3.37. The zero-order valence-corrected chi connectivity index (χ0v) is 19.5. The van der Waals surface area contributed by atoms with Crippen LogP contribution in [0.2, 0.25) is 10.0 Å². The summed E-state index contributed by atoms with van der Waals surface area (Å²) >= 11 is 14.7. The minimum absolute atomic E-state index is 0.138. The molecule has 0 aliphatic carbocycles. The maximum Gasteiger partial charge on any atom is 0.251 e. The fourth-order valence-corrected chi connectivity index (χ4v) is 4.55. The summed E-state index contributed by atoms with van der Waals surface area (Å²) in [6.07, 6.45) is 0. The van der Waals surface area contributed by atoms with Crippen LogP contribution in [0, 0.1) is 0 Å². The Hall–Kier alpha value is -1.75. The number of amides is 2. The third kappa shape index (κ3) is 5.69. The normalized spacial score (nSPS) is 14.3. The van der Waals surface area contributed by atoms with E-state index in [1.54, 1.807) is 12.1 Å². The number of rotatable bonds is 7. The monoisotopic (exact) mass is 486 g/mol. The van der Waals surface area contributed by atoms with Crippen LogP contribution in [0.25, 0.3) is 0 Å². The summed E-state index contributed by atoms with van der Waals surface area (Å²) in [6, 6.07) is 4.30. The smallest absolute Gasteiger partial charge is 0.251 e. The number of halogens is 2. The van der Waals surface area contributed by atoms with Crippen molar-refractivity contribution in [3.05, 3.63) is 39.6 Å². The molecule has 12 heteroatoms. The van der Waals surface area contributed by atoms with Gasteiger partial charge in [-0.15, -0.1) is 10.2 Å². The minimum atomic E-state index is -0.396. The lowest BCUT2D eigenvalue weighted by molar-refractivity contribution is -0.117. The zero-order chi connectivity index (χ0) is 21.7. The van der Waals surface area contributed by atoms with E-state index in [-0.39, 0.29) is 17.6 Å². The van der Waals surface area contributed by atoms with E-state index in [0.29, 0.717) is 38.3 Å². The molecule has 0 saturated carbocycles. The number of benzene rings is 1. The molecule has 1 atom stereocenters. The maximum absolute atomic E-state index is 12.5. The Morgan fingerprint density at radius 2 is 2.10 bits per heavy atom. The van der Waals surface area contributed by atoms with E-state index in [1.165, 1.54) is 29.6 Å². The van der Waals surface area contributed by atoms with E-state index < -0.39 is 6.04 Å². The Morgan fingerprint density at radius 3 is 2.77 bits per heavy atom. The Morgan fingerprint density at radius 1 is 1.30 bits per heavy atom. The molecule has 1 aromatic heterocycles. The van der Waals surface area contributed by atoms with E-state index in [4.69, 9.17) is 23.2 Å². The molecule has 1 aromatic carbocycles. The van der Waals surface area contributed by atoms with Crippen molar-refractivity contribution in [3.63, 3.8) is 0 Å². The summed E-state index contributed by atoms with van der Waals surface area (Å²) in [5.41, 5.74) is 0.401. The first-order chi connectivity index (χ1) is 14.4. The van der Waals surface area contributed by atoms with Gasteiger partial charge in [0.25, 0.3) is 5.91 Å². The van der Waals surface area contributed by atoms with Crippen molar-refractivity contribution in [1.82, 2.24) is 25.4 Å². The van der Waals surface area contributed by atoms with Crippen LogP contribution in [-0.2, 0) is 11.3 Å². The molecule has 8 nitrogen and oxygen atoms in total.